The number of carbonyl (C=O) groups excluding carboxylic acids is 1. The second-order valence-electron chi connectivity index (χ2n) is 11.7. The number of fused-ring (bicyclic) bond motifs is 1. The standard InChI is InChI=1S/C31H43N3O6/c1-6-8-13-34(22-10-9-12-32-17-22)27(35)19-33-18-23(21-14-25(38-5)29-26(15-21)39-20-40-29)28(30(36)37)24(33)16-31(3,4)11-7-2/h9-10,12,14-15,17,23-24,28H,6-8,11,13,16,18-20H2,1-5H3,(H,36,37)/t23-,24+,28?/m1/s1. The highest BCUT2D eigenvalue weighted by atomic mass is 16.7. The van der Waals surface area contributed by atoms with Gasteiger partial charge in [0.1, 0.15) is 0 Å². The predicted molar refractivity (Wildman–Crippen MR) is 153 cm³/mol. The average molecular weight is 554 g/mol. The smallest absolute Gasteiger partial charge is 0.308 e. The third kappa shape index (κ3) is 6.52. The third-order valence-electron chi connectivity index (χ3n) is 8.16. The van der Waals surface area contributed by atoms with Crippen LogP contribution in [0.5, 0.6) is 17.2 Å². The number of carboxylic acid groups (broad SMARTS) is 1. The Morgan fingerprint density at radius 1 is 1.23 bits per heavy atom. The first-order valence-electron chi connectivity index (χ1n) is 14.3. The Hall–Kier alpha value is -3.33. The van der Waals surface area contributed by atoms with Crippen LogP contribution in [0.15, 0.2) is 36.7 Å². The predicted octanol–water partition coefficient (Wildman–Crippen LogP) is 5.34. The van der Waals surface area contributed by atoms with E-state index in [0.29, 0.717) is 36.8 Å². The largest absolute Gasteiger partial charge is 0.493 e. The molecule has 1 aromatic heterocycles. The zero-order valence-electron chi connectivity index (χ0n) is 24.4. The van der Waals surface area contributed by atoms with Crippen LogP contribution in [-0.2, 0) is 9.59 Å². The van der Waals surface area contributed by atoms with E-state index in [1.807, 2.05) is 24.3 Å². The molecule has 218 valence electrons. The zero-order chi connectivity index (χ0) is 28.9. The number of unbranched alkanes of at least 4 members (excludes halogenated alkanes) is 1. The first kappa shape index (κ1) is 29.6. The highest BCUT2D eigenvalue weighted by Gasteiger charge is 2.49. The molecular formula is C31H43N3O6. The van der Waals surface area contributed by atoms with Crippen molar-refractivity contribution in [2.45, 2.75) is 71.8 Å². The van der Waals surface area contributed by atoms with Crippen LogP contribution in [-0.4, -0.2) is 66.4 Å². The summed E-state index contributed by atoms with van der Waals surface area (Å²) in [6.07, 6.45) is 7.87. The molecule has 3 atom stereocenters. The van der Waals surface area contributed by atoms with Crippen LogP contribution in [0.1, 0.15) is 71.3 Å². The molecule has 9 nitrogen and oxygen atoms in total. The highest BCUT2D eigenvalue weighted by Crippen LogP contribution is 2.48. The molecule has 3 heterocycles. The number of methoxy groups -OCH3 is 1. The maximum atomic E-state index is 13.9. The van der Waals surface area contributed by atoms with Gasteiger partial charge >= 0.3 is 5.97 Å². The van der Waals surface area contributed by atoms with E-state index in [2.05, 4.69) is 37.6 Å². The summed E-state index contributed by atoms with van der Waals surface area (Å²) in [7, 11) is 1.56. The molecule has 1 amide bonds. The Bertz CT molecular complexity index is 1170. The van der Waals surface area contributed by atoms with Crippen molar-refractivity contribution in [3.8, 4) is 17.2 Å². The number of carbonyl (C=O) groups is 2. The molecule has 0 radical (unpaired) electrons. The third-order valence-corrected chi connectivity index (χ3v) is 8.16. The molecule has 2 aliphatic rings. The molecule has 1 aromatic carbocycles. The minimum atomic E-state index is -0.857. The molecule has 40 heavy (non-hydrogen) atoms. The van der Waals surface area contributed by atoms with E-state index in [4.69, 9.17) is 14.2 Å². The normalized spacial score (nSPS) is 20.5. The van der Waals surface area contributed by atoms with Gasteiger partial charge in [0.25, 0.3) is 0 Å². The fraction of sp³-hybridized carbons (Fsp3) is 0.581. The molecule has 2 aromatic rings. The van der Waals surface area contributed by atoms with Crippen molar-refractivity contribution in [1.82, 2.24) is 9.88 Å². The van der Waals surface area contributed by atoms with Gasteiger partial charge in [-0.3, -0.25) is 19.5 Å². The van der Waals surface area contributed by atoms with Gasteiger partial charge < -0.3 is 24.2 Å². The van der Waals surface area contributed by atoms with Crippen molar-refractivity contribution in [2.75, 3.05) is 38.4 Å². The molecule has 1 saturated heterocycles. The summed E-state index contributed by atoms with van der Waals surface area (Å²) in [6, 6.07) is 7.14. The van der Waals surface area contributed by atoms with Crippen molar-refractivity contribution in [3.63, 3.8) is 0 Å². The van der Waals surface area contributed by atoms with Crippen LogP contribution < -0.4 is 19.1 Å². The van der Waals surface area contributed by atoms with Crippen molar-refractivity contribution >= 4 is 17.6 Å². The van der Waals surface area contributed by atoms with E-state index in [1.54, 1.807) is 24.4 Å². The summed E-state index contributed by atoms with van der Waals surface area (Å²) in [5.41, 5.74) is 1.49. The molecule has 0 bridgehead atoms. The number of benzene rings is 1. The van der Waals surface area contributed by atoms with Gasteiger partial charge in [-0.25, -0.2) is 0 Å². The summed E-state index contributed by atoms with van der Waals surface area (Å²) in [5, 5.41) is 10.6. The van der Waals surface area contributed by atoms with E-state index in [1.165, 1.54) is 0 Å². The summed E-state index contributed by atoms with van der Waals surface area (Å²) >= 11 is 0. The van der Waals surface area contributed by atoms with Gasteiger partial charge in [0.15, 0.2) is 11.5 Å². The van der Waals surface area contributed by atoms with E-state index in [-0.39, 0.29) is 36.6 Å². The maximum absolute atomic E-state index is 13.9. The van der Waals surface area contributed by atoms with Crippen molar-refractivity contribution in [2.24, 2.45) is 11.3 Å². The monoisotopic (exact) mass is 553 g/mol. The van der Waals surface area contributed by atoms with Gasteiger partial charge in [0.05, 0.1) is 31.5 Å². The van der Waals surface area contributed by atoms with E-state index in [0.717, 1.165) is 36.9 Å². The summed E-state index contributed by atoms with van der Waals surface area (Å²) < 4.78 is 16.8. The Balaban J connectivity index is 1.70. The lowest BCUT2D eigenvalue weighted by atomic mass is 9.76. The highest BCUT2D eigenvalue weighted by molar-refractivity contribution is 5.94. The molecule has 0 saturated carbocycles. The summed E-state index contributed by atoms with van der Waals surface area (Å²) in [6.45, 7) is 9.88. The lowest BCUT2D eigenvalue weighted by Gasteiger charge is -2.35. The molecule has 0 spiro atoms. The van der Waals surface area contributed by atoms with Crippen LogP contribution in [0.3, 0.4) is 0 Å². The van der Waals surface area contributed by atoms with Gasteiger partial charge in [-0.2, -0.15) is 0 Å². The van der Waals surface area contributed by atoms with Crippen LogP contribution in [0.4, 0.5) is 5.69 Å². The number of nitrogens with zero attached hydrogens (tertiary/aromatic N) is 3. The zero-order valence-corrected chi connectivity index (χ0v) is 24.4. The van der Waals surface area contributed by atoms with Crippen LogP contribution in [0.2, 0.25) is 0 Å². The molecular weight excluding hydrogens is 510 g/mol. The number of carboxylic acids is 1. The summed E-state index contributed by atoms with van der Waals surface area (Å²) in [4.78, 5) is 34.9. The Kier molecular flexibility index (Phi) is 9.56. The molecule has 1 fully saturated rings. The Morgan fingerprint density at radius 3 is 2.67 bits per heavy atom. The first-order chi connectivity index (χ1) is 19.2. The SMILES string of the molecule is CCCCN(C(=O)CN1C[C@H](c2cc(OC)c3c(c2)OCO3)C(C(=O)O)[C@@H]1CC(C)(C)CCC)c1cccnc1. The van der Waals surface area contributed by atoms with Crippen molar-refractivity contribution < 1.29 is 28.9 Å². The molecule has 0 aliphatic carbocycles. The van der Waals surface area contributed by atoms with E-state index >= 15 is 0 Å². The van der Waals surface area contributed by atoms with Gasteiger partial charge in [0, 0.05) is 31.2 Å². The lowest BCUT2D eigenvalue weighted by Crippen LogP contribution is -2.46. The van der Waals surface area contributed by atoms with Crippen LogP contribution in [0.25, 0.3) is 0 Å². The molecule has 4 rings (SSSR count). The van der Waals surface area contributed by atoms with Gasteiger partial charge in [-0.1, -0.05) is 40.5 Å². The summed E-state index contributed by atoms with van der Waals surface area (Å²) in [5.74, 6) is -0.342. The minimum absolute atomic E-state index is 0.0483. The number of likely N-dealkylation sites (tertiary alicyclic amines) is 1. The van der Waals surface area contributed by atoms with Gasteiger partial charge in [-0.15, -0.1) is 0 Å². The number of hydrogen-bond acceptors (Lipinski definition) is 7. The van der Waals surface area contributed by atoms with Crippen molar-refractivity contribution in [3.05, 3.63) is 42.2 Å². The number of anilines is 1. The first-order valence-corrected chi connectivity index (χ1v) is 14.3. The lowest BCUT2D eigenvalue weighted by molar-refractivity contribution is -0.143. The average Bonchev–Trinajstić information content (AvgIpc) is 3.53. The van der Waals surface area contributed by atoms with Crippen molar-refractivity contribution in [1.29, 1.82) is 0 Å². The van der Waals surface area contributed by atoms with Crippen LogP contribution >= 0.6 is 0 Å². The number of ether oxygens (including phenoxy) is 3. The van der Waals surface area contributed by atoms with Gasteiger partial charge in [-0.05, 0) is 54.5 Å². The number of amides is 1. The van der Waals surface area contributed by atoms with Crippen LogP contribution in [0, 0.1) is 11.3 Å². The van der Waals surface area contributed by atoms with Gasteiger partial charge in [0.2, 0.25) is 18.4 Å². The van der Waals surface area contributed by atoms with E-state index in [9.17, 15) is 14.7 Å². The Labute approximate surface area is 237 Å². The maximum Gasteiger partial charge on any atom is 0.308 e. The number of hydrogen-bond donors (Lipinski definition) is 1. The number of aromatic nitrogens is 1. The molecule has 1 N–H and O–H groups in total. The second-order valence-corrected chi connectivity index (χ2v) is 11.7. The topological polar surface area (TPSA) is 101 Å². The fourth-order valence-corrected chi connectivity index (χ4v) is 6.28. The molecule has 2 aliphatic heterocycles. The molecule has 1 unspecified atom stereocenters. The number of aliphatic carboxylic acids is 1. The quantitative estimate of drug-likeness (QED) is 0.355. The van der Waals surface area contributed by atoms with E-state index < -0.39 is 11.9 Å². The Morgan fingerprint density at radius 2 is 2.02 bits per heavy atom. The number of pyridine rings is 1. The second kappa shape index (κ2) is 12.9. The fourth-order valence-electron chi connectivity index (χ4n) is 6.28. The number of rotatable bonds is 13. The minimum Gasteiger partial charge on any atom is -0.493 e. The molecule has 9 heteroatoms.